The molecule has 0 aliphatic carbocycles. The molecule has 2 bridgehead atoms. The zero-order valence-corrected chi connectivity index (χ0v) is 15.5. The smallest absolute Gasteiger partial charge is 0.250 e. The van der Waals surface area contributed by atoms with Gasteiger partial charge in [-0.05, 0) is 43.0 Å². The fourth-order valence-electron chi connectivity index (χ4n) is 4.47. The minimum absolute atomic E-state index is 0.141. The molecule has 0 saturated carbocycles. The van der Waals surface area contributed by atoms with Crippen LogP contribution in [0.25, 0.3) is 0 Å². The van der Waals surface area contributed by atoms with E-state index in [1.165, 1.54) is 17.7 Å². The molecule has 1 fully saturated rings. The lowest BCUT2D eigenvalue weighted by Gasteiger charge is -2.42. The number of pyridine rings is 1. The number of fused-ring (bicyclic) bond motifs is 4. The van der Waals surface area contributed by atoms with Gasteiger partial charge in [0.15, 0.2) is 11.5 Å². The van der Waals surface area contributed by atoms with E-state index in [1.54, 1.807) is 13.2 Å². The van der Waals surface area contributed by atoms with Crippen molar-refractivity contribution in [2.75, 3.05) is 26.8 Å². The van der Waals surface area contributed by atoms with E-state index in [9.17, 15) is 4.79 Å². The van der Waals surface area contributed by atoms with Gasteiger partial charge in [0.2, 0.25) is 0 Å². The summed E-state index contributed by atoms with van der Waals surface area (Å²) in [4.78, 5) is 14.7. The van der Waals surface area contributed by atoms with Gasteiger partial charge in [-0.1, -0.05) is 12.1 Å². The number of piperidine rings is 1. The summed E-state index contributed by atoms with van der Waals surface area (Å²) in [7, 11) is 1.67. The van der Waals surface area contributed by atoms with Gasteiger partial charge in [-0.15, -0.1) is 0 Å². The molecule has 5 nitrogen and oxygen atoms in total. The molecular weight excluding hydrogens is 328 g/mol. The highest BCUT2D eigenvalue weighted by Gasteiger charge is 2.34. The lowest BCUT2D eigenvalue weighted by atomic mass is 9.83. The van der Waals surface area contributed by atoms with E-state index in [2.05, 4.69) is 23.1 Å². The summed E-state index contributed by atoms with van der Waals surface area (Å²) in [5.41, 5.74) is 2.57. The molecule has 0 spiro atoms. The Morgan fingerprint density at radius 2 is 2.00 bits per heavy atom. The van der Waals surface area contributed by atoms with Crippen LogP contribution in [0.5, 0.6) is 11.5 Å². The zero-order valence-electron chi connectivity index (χ0n) is 15.5. The van der Waals surface area contributed by atoms with Gasteiger partial charge in [-0.3, -0.25) is 9.69 Å². The van der Waals surface area contributed by atoms with Crippen molar-refractivity contribution in [2.24, 2.45) is 5.92 Å². The largest absolute Gasteiger partial charge is 0.493 e. The van der Waals surface area contributed by atoms with E-state index < -0.39 is 0 Å². The minimum Gasteiger partial charge on any atom is -0.493 e. The predicted molar refractivity (Wildman–Crippen MR) is 101 cm³/mol. The number of rotatable bonds is 5. The highest BCUT2D eigenvalue weighted by Crippen LogP contribution is 2.36. The second-order valence-electron chi connectivity index (χ2n) is 7.31. The maximum Gasteiger partial charge on any atom is 0.250 e. The van der Waals surface area contributed by atoms with Gasteiger partial charge in [0.05, 0.1) is 13.7 Å². The number of ether oxygens (including phenoxy) is 2. The topological polar surface area (TPSA) is 43.7 Å². The Labute approximate surface area is 154 Å². The molecule has 26 heavy (non-hydrogen) atoms. The Morgan fingerprint density at radius 3 is 2.81 bits per heavy atom. The second-order valence-corrected chi connectivity index (χ2v) is 7.31. The summed E-state index contributed by atoms with van der Waals surface area (Å²) >= 11 is 0. The Bertz CT molecular complexity index is 845. The molecule has 4 rings (SSSR count). The summed E-state index contributed by atoms with van der Waals surface area (Å²) in [5, 5.41) is 0. The Kier molecular flexibility index (Phi) is 4.72. The van der Waals surface area contributed by atoms with Gasteiger partial charge in [0.1, 0.15) is 0 Å². The van der Waals surface area contributed by atoms with Gasteiger partial charge in [0, 0.05) is 43.9 Å². The van der Waals surface area contributed by atoms with Crippen molar-refractivity contribution in [3.8, 4) is 11.5 Å². The van der Waals surface area contributed by atoms with E-state index in [1.807, 2.05) is 23.6 Å². The minimum atomic E-state index is 0.141. The van der Waals surface area contributed by atoms with E-state index in [4.69, 9.17) is 9.47 Å². The summed E-state index contributed by atoms with van der Waals surface area (Å²) in [5.74, 6) is 2.58. The lowest BCUT2D eigenvalue weighted by Crippen LogP contribution is -2.46. The average Bonchev–Trinajstić information content (AvgIpc) is 2.63. The van der Waals surface area contributed by atoms with Crippen molar-refractivity contribution >= 4 is 0 Å². The average molecular weight is 354 g/mol. The van der Waals surface area contributed by atoms with Crippen molar-refractivity contribution in [1.29, 1.82) is 0 Å². The molecule has 3 heterocycles. The van der Waals surface area contributed by atoms with Crippen LogP contribution in [0.15, 0.2) is 41.2 Å². The highest BCUT2D eigenvalue weighted by molar-refractivity contribution is 5.43. The van der Waals surface area contributed by atoms with Gasteiger partial charge >= 0.3 is 0 Å². The molecular formula is C21H26N2O3. The van der Waals surface area contributed by atoms with Crippen LogP contribution in [-0.4, -0.2) is 36.3 Å². The maximum absolute atomic E-state index is 12.2. The van der Waals surface area contributed by atoms with E-state index in [0.717, 1.165) is 37.7 Å². The predicted octanol–water partition coefficient (Wildman–Crippen LogP) is 2.87. The first-order valence-electron chi connectivity index (χ1n) is 9.39. The third-order valence-corrected chi connectivity index (χ3v) is 5.49. The Balaban J connectivity index is 1.53. The van der Waals surface area contributed by atoms with Crippen LogP contribution >= 0.6 is 0 Å². The molecule has 138 valence electrons. The van der Waals surface area contributed by atoms with Gasteiger partial charge in [0.25, 0.3) is 5.56 Å². The molecule has 0 amide bonds. The summed E-state index contributed by atoms with van der Waals surface area (Å²) in [6.45, 7) is 6.38. The van der Waals surface area contributed by atoms with Crippen molar-refractivity contribution in [2.45, 2.75) is 32.4 Å². The second kappa shape index (κ2) is 7.16. The molecule has 0 N–H and O–H groups in total. The summed E-state index contributed by atoms with van der Waals surface area (Å²) in [6, 6.07) is 11.9. The third-order valence-electron chi connectivity index (χ3n) is 5.49. The van der Waals surface area contributed by atoms with Gasteiger partial charge in [-0.2, -0.15) is 0 Å². The number of hydrogen-bond acceptors (Lipinski definition) is 4. The molecule has 5 heteroatoms. The monoisotopic (exact) mass is 354 g/mol. The molecule has 0 radical (unpaired) electrons. The maximum atomic E-state index is 12.2. The van der Waals surface area contributed by atoms with Crippen molar-refractivity contribution < 1.29 is 9.47 Å². The third kappa shape index (κ3) is 3.23. The molecule has 2 aliphatic heterocycles. The first-order valence-corrected chi connectivity index (χ1v) is 9.39. The van der Waals surface area contributed by atoms with Crippen LogP contribution in [-0.2, 0) is 13.1 Å². The molecule has 2 atom stereocenters. The molecule has 0 unspecified atom stereocenters. The Morgan fingerprint density at radius 1 is 1.12 bits per heavy atom. The van der Waals surface area contributed by atoms with Crippen molar-refractivity contribution in [1.82, 2.24) is 9.47 Å². The van der Waals surface area contributed by atoms with Gasteiger partial charge in [-0.25, -0.2) is 0 Å². The van der Waals surface area contributed by atoms with Crippen molar-refractivity contribution in [3.05, 3.63) is 58.0 Å². The molecule has 1 saturated heterocycles. The molecule has 1 aromatic heterocycles. The quantitative estimate of drug-likeness (QED) is 0.828. The molecule has 2 aliphatic rings. The SMILES string of the molecule is CCOc1cc(CN2C[C@@H]3C[C@H](C2)c2cccc(=O)n2C3)ccc1OC. The molecule has 1 aromatic carbocycles. The summed E-state index contributed by atoms with van der Waals surface area (Å²) < 4.78 is 13.1. The first kappa shape index (κ1) is 17.2. The number of benzene rings is 1. The van der Waals surface area contributed by atoms with Crippen LogP contribution < -0.4 is 15.0 Å². The normalized spacial score (nSPS) is 21.9. The number of likely N-dealkylation sites (tertiary alicyclic amines) is 1. The fraction of sp³-hybridized carbons (Fsp3) is 0.476. The van der Waals surface area contributed by atoms with Crippen LogP contribution in [0.2, 0.25) is 0 Å². The first-order chi connectivity index (χ1) is 12.7. The van der Waals surface area contributed by atoms with Crippen LogP contribution in [0, 0.1) is 5.92 Å². The number of hydrogen-bond donors (Lipinski definition) is 0. The number of nitrogens with zero attached hydrogens (tertiary/aromatic N) is 2. The van der Waals surface area contributed by atoms with Crippen LogP contribution in [0.3, 0.4) is 0 Å². The zero-order chi connectivity index (χ0) is 18.1. The Hall–Kier alpha value is -2.27. The highest BCUT2D eigenvalue weighted by atomic mass is 16.5. The summed E-state index contributed by atoms with van der Waals surface area (Å²) in [6.07, 6.45) is 1.19. The van der Waals surface area contributed by atoms with Crippen LogP contribution in [0.4, 0.5) is 0 Å². The number of methoxy groups -OCH3 is 1. The molecule has 2 aromatic rings. The number of aromatic nitrogens is 1. The van der Waals surface area contributed by atoms with Crippen LogP contribution in [0.1, 0.15) is 30.5 Å². The fourth-order valence-corrected chi connectivity index (χ4v) is 4.47. The van der Waals surface area contributed by atoms with Gasteiger partial charge < -0.3 is 14.0 Å². The standard InChI is InChI=1S/C21H26N2O3/c1-3-26-20-10-15(7-8-19(20)25-2)11-22-12-16-9-17(14-22)18-5-4-6-21(24)23(18)13-16/h4-8,10,16-17H,3,9,11-14H2,1-2H3/t16-,17+/m0/s1. The van der Waals surface area contributed by atoms with Crippen molar-refractivity contribution in [3.63, 3.8) is 0 Å². The van der Waals surface area contributed by atoms with E-state index in [0.29, 0.717) is 18.4 Å². The van der Waals surface area contributed by atoms with E-state index in [-0.39, 0.29) is 5.56 Å². The van der Waals surface area contributed by atoms with E-state index >= 15 is 0 Å². The lowest BCUT2D eigenvalue weighted by molar-refractivity contribution is 0.114.